The Balaban J connectivity index is 3.24. The van der Waals surface area contributed by atoms with Crippen LogP contribution in [-0.4, -0.2) is 86.5 Å². The van der Waals surface area contributed by atoms with Crippen molar-refractivity contribution in [1.29, 1.82) is 0 Å². The third-order valence-electron chi connectivity index (χ3n) is 3.95. The quantitative estimate of drug-likeness (QED) is 0.407. The molecule has 0 aromatic heterocycles. The van der Waals surface area contributed by atoms with E-state index in [4.69, 9.17) is 23.7 Å². The average molecular weight is 403 g/mol. The fourth-order valence-corrected chi connectivity index (χ4v) is 2.94. The van der Waals surface area contributed by atoms with E-state index in [-0.39, 0.29) is 6.61 Å². The van der Waals surface area contributed by atoms with Crippen molar-refractivity contribution in [3.05, 3.63) is 0 Å². The van der Waals surface area contributed by atoms with Crippen LogP contribution in [0.1, 0.15) is 34.1 Å². The van der Waals surface area contributed by atoms with Crippen LogP contribution in [0, 0.1) is 0 Å². The summed E-state index contributed by atoms with van der Waals surface area (Å²) in [5, 5.41) is 0. The molecule has 0 radical (unpaired) electrons. The van der Waals surface area contributed by atoms with Gasteiger partial charge in [-0.1, -0.05) is 0 Å². The molecular formula is C18H29NO9. The zero-order chi connectivity index (χ0) is 21.4. The van der Waals surface area contributed by atoms with Gasteiger partial charge in [-0.15, -0.1) is 0 Å². The van der Waals surface area contributed by atoms with Gasteiger partial charge in [0.1, 0.15) is 18.8 Å². The maximum atomic E-state index is 11.7. The number of ether oxygens (including phenoxy) is 5. The lowest BCUT2D eigenvalue weighted by atomic mass is 9.92. The molecule has 0 unspecified atom stereocenters. The minimum Gasteiger partial charge on any atom is -0.463 e. The molecule has 0 N–H and O–H groups in total. The van der Waals surface area contributed by atoms with Crippen LogP contribution in [0.15, 0.2) is 0 Å². The lowest BCUT2D eigenvalue weighted by Gasteiger charge is -2.44. The summed E-state index contributed by atoms with van der Waals surface area (Å²) in [5.41, 5.74) is 0. The number of rotatable bonds is 8. The molecule has 10 heteroatoms. The van der Waals surface area contributed by atoms with Gasteiger partial charge in [-0.25, -0.2) is 0 Å². The summed E-state index contributed by atoms with van der Waals surface area (Å²) in [6.45, 7) is 5.22. The fraction of sp³-hybridized carbons (Fsp3) is 0.778. The van der Waals surface area contributed by atoms with E-state index in [0.29, 0.717) is 13.0 Å². The summed E-state index contributed by atoms with van der Waals surface area (Å²) in [4.78, 5) is 48.1. The number of carbonyl (C=O) groups excluding carboxylic acids is 4. The number of carbonyl (C=O) groups is 4. The molecule has 0 amide bonds. The van der Waals surface area contributed by atoms with Crippen LogP contribution >= 0.6 is 0 Å². The second-order valence-electron chi connectivity index (χ2n) is 6.83. The summed E-state index contributed by atoms with van der Waals surface area (Å²) in [6, 6.07) is 0. The van der Waals surface area contributed by atoms with Gasteiger partial charge in [-0.05, 0) is 20.5 Å². The molecule has 10 nitrogen and oxygen atoms in total. The van der Waals surface area contributed by atoms with Crippen molar-refractivity contribution in [1.82, 2.24) is 4.90 Å². The Morgan fingerprint density at radius 1 is 0.750 bits per heavy atom. The molecule has 0 aromatic rings. The van der Waals surface area contributed by atoms with Crippen LogP contribution in [-0.2, 0) is 42.9 Å². The lowest BCUT2D eigenvalue weighted by molar-refractivity contribution is -0.253. The van der Waals surface area contributed by atoms with E-state index >= 15 is 0 Å². The molecule has 1 aliphatic rings. The van der Waals surface area contributed by atoms with Crippen LogP contribution in [0.2, 0.25) is 0 Å². The molecule has 0 bridgehead atoms. The third-order valence-corrected chi connectivity index (χ3v) is 3.95. The van der Waals surface area contributed by atoms with Crippen molar-refractivity contribution < 1.29 is 42.9 Å². The van der Waals surface area contributed by atoms with E-state index < -0.39 is 54.4 Å². The monoisotopic (exact) mass is 403 g/mol. The second kappa shape index (κ2) is 11.0. The summed E-state index contributed by atoms with van der Waals surface area (Å²) in [6.07, 6.45) is -4.32. The zero-order valence-corrected chi connectivity index (χ0v) is 17.1. The Morgan fingerprint density at radius 2 is 1.21 bits per heavy atom. The Labute approximate surface area is 164 Å². The van der Waals surface area contributed by atoms with Gasteiger partial charge >= 0.3 is 23.9 Å². The first-order valence-corrected chi connectivity index (χ1v) is 8.96. The first kappa shape index (κ1) is 23.8. The van der Waals surface area contributed by atoms with Crippen molar-refractivity contribution in [2.75, 3.05) is 27.2 Å². The standard InChI is InChI=1S/C18H29NO9/c1-10(20)24-9-15-17(26-12(3)22)18(27-13(4)23)16(25-11(2)21)14(28-15)7-8-19(5)6/h14-18H,7-9H2,1-6H3/t14-,15-,16+,17-,18-/m1/s1. The molecule has 5 atom stereocenters. The summed E-state index contributed by atoms with van der Waals surface area (Å²) >= 11 is 0. The van der Waals surface area contributed by atoms with E-state index in [1.54, 1.807) is 0 Å². The van der Waals surface area contributed by atoms with E-state index in [1.165, 1.54) is 27.7 Å². The highest BCUT2D eigenvalue weighted by molar-refractivity contribution is 5.68. The summed E-state index contributed by atoms with van der Waals surface area (Å²) in [7, 11) is 3.73. The maximum Gasteiger partial charge on any atom is 0.303 e. The predicted molar refractivity (Wildman–Crippen MR) is 95.1 cm³/mol. The van der Waals surface area contributed by atoms with Crippen molar-refractivity contribution in [3.63, 3.8) is 0 Å². The van der Waals surface area contributed by atoms with Gasteiger partial charge in [0.05, 0.1) is 0 Å². The molecule has 0 spiro atoms. The Kier molecular flexibility index (Phi) is 9.33. The van der Waals surface area contributed by atoms with Gasteiger partial charge in [-0.3, -0.25) is 19.2 Å². The van der Waals surface area contributed by atoms with E-state index in [1.807, 2.05) is 19.0 Å². The molecule has 1 heterocycles. The van der Waals surface area contributed by atoms with Gasteiger partial charge in [0, 0.05) is 34.2 Å². The van der Waals surface area contributed by atoms with Crippen molar-refractivity contribution in [2.45, 2.75) is 64.6 Å². The SMILES string of the molecule is CC(=O)OC[C@H]1O[C@H](CCN(C)C)[C@H](OC(C)=O)[C@@H](OC(C)=O)[C@@H]1OC(C)=O. The van der Waals surface area contributed by atoms with Crippen LogP contribution in [0.3, 0.4) is 0 Å². The van der Waals surface area contributed by atoms with Gasteiger partial charge in [0.25, 0.3) is 0 Å². The van der Waals surface area contributed by atoms with E-state index in [0.717, 1.165) is 0 Å². The summed E-state index contributed by atoms with van der Waals surface area (Å²) in [5.74, 6) is -2.42. The highest BCUT2D eigenvalue weighted by Crippen LogP contribution is 2.30. The van der Waals surface area contributed by atoms with Crippen LogP contribution in [0.4, 0.5) is 0 Å². The Bertz CT molecular complexity index is 577. The second-order valence-corrected chi connectivity index (χ2v) is 6.83. The first-order chi connectivity index (χ1) is 13.0. The third kappa shape index (κ3) is 7.81. The molecule has 1 rings (SSSR count). The molecule has 0 aliphatic carbocycles. The number of nitrogens with zero attached hydrogens (tertiary/aromatic N) is 1. The van der Waals surface area contributed by atoms with E-state index in [2.05, 4.69) is 0 Å². The molecule has 28 heavy (non-hydrogen) atoms. The first-order valence-electron chi connectivity index (χ1n) is 8.96. The van der Waals surface area contributed by atoms with Crippen LogP contribution in [0.25, 0.3) is 0 Å². The largest absolute Gasteiger partial charge is 0.463 e. The Morgan fingerprint density at radius 3 is 1.64 bits per heavy atom. The normalized spacial score (nSPS) is 27.0. The molecule has 0 aromatic carbocycles. The zero-order valence-electron chi connectivity index (χ0n) is 17.1. The van der Waals surface area contributed by atoms with E-state index in [9.17, 15) is 19.2 Å². The number of hydrogen-bond donors (Lipinski definition) is 0. The fourth-order valence-electron chi connectivity index (χ4n) is 2.94. The molecule has 1 fully saturated rings. The number of hydrogen-bond acceptors (Lipinski definition) is 10. The topological polar surface area (TPSA) is 118 Å². The minimum absolute atomic E-state index is 0.212. The molecule has 1 aliphatic heterocycles. The smallest absolute Gasteiger partial charge is 0.303 e. The molecule has 160 valence electrons. The van der Waals surface area contributed by atoms with Gasteiger partial charge in [-0.2, -0.15) is 0 Å². The lowest BCUT2D eigenvalue weighted by Crippen LogP contribution is -2.62. The average Bonchev–Trinajstić information content (AvgIpc) is 2.54. The van der Waals surface area contributed by atoms with Crippen molar-refractivity contribution in [2.24, 2.45) is 0 Å². The predicted octanol–water partition coefficient (Wildman–Crippen LogP) is 0.0637. The Hall–Kier alpha value is -2.20. The molecule has 1 saturated heterocycles. The minimum atomic E-state index is -1.11. The van der Waals surface area contributed by atoms with Gasteiger partial charge < -0.3 is 28.6 Å². The van der Waals surface area contributed by atoms with Crippen molar-refractivity contribution >= 4 is 23.9 Å². The highest BCUT2D eigenvalue weighted by atomic mass is 16.7. The van der Waals surface area contributed by atoms with Gasteiger partial charge in [0.2, 0.25) is 0 Å². The molecular weight excluding hydrogens is 374 g/mol. The summed E-state index contributed by atoms with van der Waals surface area (Å²) < 4.78 is 27.0. The maximum absolute atomic E-state index is 11.7. The van der Waals surface area contributed by atoms with Crippen LogP contribution < -0.4 is 0 Å². The highest BCUT2D eigenvalue weighted by Gasteiger charge is 2.51. The van der Waals surface area contributed by atoms with Crippen molar-refractivity contribution in [3.8, 4) is 0 Å². The van der Waals surface area contributed by atoms with Crippen LogP contribution in [0.5, 0.6) is 0 Å². The van der Waals surface area contributed by atoms with Gasteiger partial charge in [0.15, 0.2) is 18.3 Å². The molecule has 0 saturated carbocycles. The number of esters is 4.